The maximum absolute atomic E-state index is 13.0. The summed E-state index contributed by atoms with van der Waals surface area (Å²) >= 11 is 0. The number of hydrogen-bond acceptors (Lipinski definition) is 4. The number of halogens is 2. The molecule has 4 rings (SSSR count). The van der Waals surface area contributed by atoms with Gasteiger partial charge in [-0.25, -0.2) is 4.98 Å². The molecule has 1 aliphatic heterocycles. The summed E-state index contributed by atoms with van der Waals surface area (Å²) in [6, 6.07) is 10.4. The van der Waals surface area contributed by atoms with Crippen LogP contribution in [0.1, 0.15) is 61.9 Å². The number of nitrogens with zero attached hydrogens (tertiary/aromatic N) is 4. The SMILES string of the molecule is CCCC[C@H]1CN(CC2CC2)C(=O)CN1C(Cc1ccc(C#N)cc1)c1cnc[nH]1.Cl.Cl. The maximum atomic E-state index is 13.0. The van der Waals surface area contributed by atoms with Gasteiger partial charge in [0.2, 0.25) is 5.91 Å². The normalized spacial score (nSPS) is 19.6. The largest absolute Gasteiger partial charge is 0.347 e. The minimum absolute atomic E-state index is 0. The van der Waals surface area contributed by atoms with Crippen molar-refractivity contribution in [2.75, 3.05) is 19.6 Å². The first kappa shape index (κ1) is 26.2. The van der Waals surface area contributed by atoms with Gasteiger partial charge in [0.05, 0.1) is 36.2 Å². The number of amides is 1. The van der Waals surface area contributed by atoms with Gasteiger partial charge in [0.25, 0.3) is 0 Å². The van der Waals surface area contributed by atoms with Gasteiger partial charge < -0.3 is 9.88 Å². The molecule has 8 heteroatoms. The first-order chi connectivity index (χ1) is 14.7. The van der Waals surface area contributed by atoms with Crippen LogP contribution in [-0.4, -0.2) is 51.4 Å². The predicted octanol–water partition coefficient (Wildman–Crippen LogP) is 4.52. The van der Waals surface area contributed by atoms with Gasteiger partial charge >= 0.3 is 0 Å². The van der Waals surface area contributed by atoms with Crippen molar-refractivity contribution < 1.29 is 4.79 Å². The Morgan fingerprint density at radius 2 is 2.00 bits per heavy atom. The highest BCUT2D eigenvalue weighted by atomic mass is 35.5. The first-order valence-electron chi connectivity index (χ1n) is 11.2. The standard InChI is InChI=1S/C24H31N5O.2ClH/c1-2-3-4-21-15-28(14-20-9-10-20)24(30)16-29(21)23(22-13-26-17-27-22)11-18-5-7-19(12-25)8-6-18;;/h5-8,13,17,20-21,23H,2-4,9-11,14-16H2,1H3,(H,26,27);2*1H/t21-,23?;;/m0../s1. The van der Waals surface area contributed by atoms with Crippen LogP contribution in [0.5, 0.6) is 0 Å². The van der Waals surface area contributed by atoms with Gasteiger partial charge in [0, 0.05) is 25.3 Å². The lowest BCUT2D eigenvalue weighted by Gasteiger charge is -2.45. The molecule has 1 unspecified atom stereocenters. The second kappa shape index (κ2) is 12.2. The fraction of sp³-hybridized carbons (Fsp3) is 0.542. The van der Waals surface area contributed by atoms with Gasteiger partial charge in [-0.15, -0.1) is 24.8 Å². The van der Waals surface area contributed by atoms with E-state index in [9.17, 15) is 4.79 Å². The number of hydrogen-bond donors (Lipinski definition) is 1. The van der Waals surface area contributed by atoms with E-state index in [0.29, 0.717) is 18.2 Å². The smallest absolute Gasteiger partial charge is 0.236 e. The lowest BCUT2D eigenvalue weighted by Crippen LogP contribution is -2.57. The Morgan fingerprint density at radius 3 is 2.59 bits per heavy atom. The monoisotopic (exact) mass is 477 g/mol. The van der Waals surface area contributed by atoms with Gasteiger partial charge in [-0.05, 0) is 49.3 Å². The number of nitriles is 1. The molecule has 1 aromatic heterocycles. The summed E-state index contributed by atoms with van der Waals surface area (Å²) in [7, 11) is 0. The van der Waals surface area contributed by atoms with E-state index in [-0.39, 0.29) is 36.8 Å². The Morgan fingerprint density at radius 1 is 1.25 bits per heavy atom. The molecule has 2 aliphatic rings. The Balaban J connectivity index is 0.00000181. The van der Waals surface area contributed by atoms with E-state index in [1.807, 2.05) is 30.5 Å². The minimum atomic E-state index is 0. The molecule has 0 radical (unpaired) electrons. The molecule has 0 bridgehead atoms. The van der Waals surface area contributed by atoms with Gasteiger partial charge in [0.15, 0.2) is 0 Å². The van der Waals surface area contributed by atoms with Crippen molar-refractivity contribution in [1.29, 1.82) is 5.26 Å². The van der Waals surface area contributed by atoms with Crippen LogP contribution in [0.15, 0.2) is 36.8 Å². The number of carbonyl (C=O) groups is 1. The van der Waals surface area contributed by atoms with Crippen LogP contribution in [0.4, 0.5) is 0 Å². The van der Waals surface area contributed by atoms with Crippen molar-refractivity contribution in [2.24, 2.45) is 5.92 Å². The average molecular weight is 478 g/mol. The molecular weight excluding hydrogens is 445 g/mol. The van der Waals surface area contributed by atoms with Crippen LogP contribution < -0.4 is 0 Å². The molecule has 1 aromatic carbocycles. The van der Waals surface area contributed by atoms with Gasteiger partial charge in [-0.1, -0.05) is 31.9 Å². The Kier molecular flexibility index (Phi) is 10.0. The van der Waals surface area contributed by atoms with Crippen LogP contribution in [-0.2, 0) is 11.2 Å². The van der Waals surface area contributed by atoms with E-state index >= 15 is 0 Å². The molecule has 1 aliphatic carbocycles. The van der Waals surface area contributed by atoms with E-state index in [1.54, 1.807) is 6.33 Å². The van der Waals surface area contributed by atoms with Crippen molar-refractivity contribution in [2.45, 2.75) is 57.5 Å². The van der Waals surface area contributed by atoms with Gasteiger partial charge in [0.1, 0.15) is 0 Å². The summed E-state index contributed by atoms with van der Waals surface area (Å²) < 4.78 is 0. The van der Waals surface area contributed by atoms with Crippen molar-refractivity contribution in [3.05, 3.63) is 53.6 Å². The molecular formula is C24H33Cl2N5O. The van der Waals surface area contributed by atoms with E-state index in [2.05, 4.69) is 32.8 Å². The predicted molar refractivity (Wildman–Crippen MR) is 130 cm³/mol. The van der Waals surface area contributed by atoms with Gasteiger partial charge in [-0.3, -0.25) is 9.69 Å². The van der Waals surface area contributed by atoms with E-state index < -0.39 is 0 Å². The molecule has 1 saturated heterocycles. The van der Waals surface area contributed by atoms with Crippen LogP contribution in [0.3, 0.4) is 0 Å². The number of rotatable bonds is 9. The van der Waals surface area contributed by atoms with Crippen molar-refractivity contribution in [3.8, 4) is 6.07 Å². The lowest BCUT2D eigenvalue weighted by atomic mass is 9.96. The summed E-state index contributed by atoms with van der Waals surface area (Å²) in [5.74, 6) is 0.966. The second-order valence-electron chi connectivity index (χ2n) is 8.75. The number of H-pyrrole nitrogens is 1. The van der Waals surface area contributed by atoms with Crippen molar-refractivity contribution in [1.82, 2.24) is 19.8 Å². The molecule has 32 heavy (non-hydrogen) atoms. The number of unbranched alkanes of at least 4 members (excludes halogenated alkanes) is 1. The zero-order chi connectivity index (χ0) is 20.9. The third-order valence-electron chi connectivity index (χ3n) is 6.43. The van der Waals surface area contributed by atoms with Crippen LogP contribution >= 0.6 is 24.8 Å². The third kappa shape index (κ3) is 6.48. The second-order valence-corrected chi connectivity index (χ2v) is 8.75. The van der Waals surface area contributed by atoms with Crippen LogP contribution in [0, 0.1) is 17.2 Å². The summed E-state index contributed by atoms with van der Waals surface area (Å²) in [5.41, 5.74) is 2.88. The topological polar surface area (TPSA) is 76.0 Å². The summed E-state index contributed by atoms with van der Waals surface area (Å²) in [4.78, 5) is 25.1. The average Bonchev–Trinajstić information content (AvgIpc) is 3.42. The fourth-order valence-corrected chi connectivity index (χ4v) is 4.49. The number of imidazole rings is 1. The number of carbonyl (C=O) groups excluding carboxylic acids is 1. The van der Waals surface area contributed by atoms with E-state index in [0.717, 1.165) is 49.5 Å². The molecule has 2 atom stereocenters. The van der Waals surface area contributed by atoms with Gasteiger partial charge in [-0.2, -0.15) is 5.26 Å². The van der Waals surface area contributed by atoms with Crippen molar-refractivity contribution in [3.63, 3.8) is 0 Å². The summed E-state index contributed by atoms with van der Waals surface area (Å²) in [6.45, 7) is 4.44. The summed E-state index contributed by atoms with van der Waals surface area (Å²) in [6.07, 6.45) is 10.3. The summed E-state index contributed by atoms with van der Waals surface area (Å²) in [5, 5.41) is 9.09. The molecule has 1 amide bonds. The molecule has 6 nitrogen and oxygen atoms in total. The number of piperazine rings is 1. The van der Waals surface area contributed by atoms with E-state index in [1.165, 1.54) is 19.3 Å². The molecule has 0 spiro atoms. The van der Waals surface area contributed by atoms with Crippen molar-refractivity contribution >= 4 is 30.7 Å². The Bertz CT molecular complexity index is 877. The Labute approximate surface area is 203 Å². The lowest BCUT2D eigenvalue weighted by molar-refractivity contribution is -0.140. The molecule has 2 aromatic rings. The zero-order valence-electron chi connectivity index (χ0n) is 18.6. The fourth-order valence-electron chi connectivity index (χ4n) is 4.49. The molecule has 1 saturated carbocycles. The molecule has 2 fully saturated rings. The zero-order valence-corrected chi connectivity index (χ0v) is 20.2. The highest BCUT2D eigenvalue weighted by Crippen LogP contribution is 2.34. The number of nitrogens with one attached hydrogen (secondary N) is 1. The number of benzene rings is 1. The minimum Gasteiger partial charge on any atom is -0.347 e. The van der Waals surface area contributed by atoms with Crippen LogP contribution in [0.25, 0.3) is 0 Å². The number of aromatic amines is 1. The molecule has 1 N–H and O–H groups in total. The first-order valence-corrected chi connectivity index (χ1v) is 11.2. The Hall–Kier alpha value is -2.07. The third-order valence-corrected chi connectivity index (χ3v) is 6.43. The molecule has 174 valence electrons. The maximum Gasteiger partial charge on any atom is 0.236 e. The highest BCUT2D eigenvalue weighted by molar-refractivity contribution is 5.85. The molecule has 2 heterocycles. The van der Waals surface area contributed by atoms with E-state index in [4.69, 9.17) is 5.26 Å². The number of aromatic nitrogens is 2. The highest BCUT2D eigenvalue weighted by Gasteiger charge is 2.38. The quantitative estimate of drug-likeness (QED) is 0.575. The van der Waals surface area contributed by atoms with Crippen LogP contribution in [0.2, 0.25) is 0 Å².